The molecule has 0 radical (unpaired) electrons. The Labute approximate surface area is 168 Å². The van der Waals surface area contributed by atoms with Gasteiger partial charge in [-0.3, -0.25) is 9.36 Å². The Morgan fingerprint density at radius 3 is 2.50 bits per heavy atom. The molecule has 0 aliphatic carbocycles. The van der Waals surface area contributed by atoms with Crippen molar-refractivity contribution in [2.45, 2.75) is 12.1 Å². The molecular formula is C21H22N4O2S. The highest BCUT2D eigenvalue weighted by Crippen LogP contribution is 2.30. The molecule has 0 unspecified atom stereocenters. The van der Waals surface area contributed by atoms with Gasteiger partial charge in [-0.05, 0) is 25.1 Å². The van der Waals surface area contributed by atoms with Gasteiger partial charge in [-0.1, -0.05) is 42.1 Å². The first-order valence-electron chi connectivity index (χ1n) is 8.83. The van der Waals surface area contributed by atoms with Crippen LogP contribution in [0, 0.1) is 6.92 Å². The maximum absolute atomic E-state index is 12.6. The second kappa shape index (κ2) is 9.23. The molecule has 6 nitrogen and oxygen atoms in total. The van der Waals surface area contributed by atoms with Crippen LogP contribution in [0.25, 0.3) is 17.1 Å². The number of carbonyl (C=O) groups excluding carboxylic acids is 1. The first kappa shape index (κ1) is 19.7. The Bertz CT molecular complexity index is 952. The minimum absolute atomic E-state index is 0.00606. The third-order valence-electron chi connectivity index (χ3n) is 4.12. The quantitative estimate of drug-likeness (QED) is 0.403. The van der Waals surface area contributed by atoms with Crippen molar-refractivity contribution in [2.24, 2.45) is 0 Å². The second-order valence-corrected chi connectivity index (χ2v) is 6.97. The normalized spacial score (nSPS) is 10.6. The number of aryl methyl sites for hydroxylation is 1. The van der Waals surface area contributed by atoms with Crippen molar-refractivity contribution in [1.29, 1.82) is 0 Å². The van der Waals surface area contributed by atoms with E-state index in [1.165, 1.54) is 11.8 Å². The number of rotatable bonds is 9. The van der Waals surface area contributed by atoms with Crippen LogP contribution in [0.2, 0.25) is 0 Å². The molecule has 0 saturated carbocycles. The Kier molecular flexibility index (Phi) is 6.49. The number of nitrogens with zero attached hydrogens (tertiary/aromatic N) is 4. The van der Waals surface area contributed by atoms with E-state index in [-0.39, 0.29) is 11.7 Å². The van der Waals surface area contributed by atoms with E-state index in [1.807, 2.05) is 47.9 Å². The summed E-state index contributed by atoms with van der Waals surface area (Å²) >= 11 is 1.35. The minimum atomic E-state index is -0.00606. The summed E-state index contributed by atoms with van der Waals surface area (Å²) in [5, 5.41) is 9.35. The molecule has 2 heterocycles. The van der Waals surface area contributed by atoms with Gasteiger partial charge in [0, 0.05) is 18.8 Å². The van der Waals surface area contributed by atoms with Crippen LogP contribution in [0.1, 0.15) is 5.76 Å². The Balaban J connectivity index is 1.90. The van der Waals surface area contributed by atoms with Crippen molar-refractivity contribution in [2.75, 3.05) is 18.8 Å². The lowest BCUT2D eigenvalue weighted by atomic mass is 10.2. The molecule has 0 aliphatic rings. The maximum atomic E-state index is 12.6. The van der Waals surface area contributed by atoms with Gasteiger partial charge in [0.1, 0.15) is 5.76 Å². The molecule has 2 aromatic heterocycles. The number of hydrogen-bond acceptors (Lipinski definition) is 5. The van der Waals surface area contributed by atoms with E-state index in [0.717, 1.165) is 17.0 Å². The third-order valence-corrected chi connectivity index (χ3v) is 5.04. The van der Waals surface area contributed by atoms with Gasteiger partial charge >= 0.3 is 0 Å². The smallest absolute Gasteiger partial charge is 0.233 e. The molecule has 0 aliphatic heterocycles. The SMILES string of the molecule is C=CCN(CC=C)C(=O)CSc1nnc(-c2ccoc2C)n1-c1ccccc1. The molecule has 0 saturated heterocycles. The van der Waals surface area contributed by atoms with Crippen LogP contribution in [-0.2, 0) is 4.79 Å². The van der Waals surface area contributed by atoms with E-state index in [2.05, 4.69) is 23.4 Å². The zero-order valence-corrected chi connectivity index (χ0v) is 16.6. The monoisotopic (exact) mass is 394 g/mol. The van der Waals surface area contributed by atoms with Crippen molar-refractivity contribution < 1.29 is 9.21 Å². The third kappa shape index (κ3) is 4.26. The topological polar surface area (TPSA) is 64.2 Å². The Morgan fingerprint density at radius 2 is 1.89 bits per heavy atom. The average Bonchev–Trinajstić information content (AvgIpc) is 3.32. The summed E-state index contributed by atoms with van der Waals surface area (Å²) in [5.41, 5.74) is 1.79. The number of hydrogen-bond donors (Lipinski definition) is 0. The highest BCUT2D eigenvalue weighted by Gasteiger charge is 2.20. The summed E-state index contributed by atoms with van der Waals surface area (Å²) in [4.78, 5) is 14.3. The maximum Gasteiger partial charge on any atom is 0.233 e. The molecule has 3 aromatic rings. The first-order chi connectivity index (χ1) is 13.7. The van der Waals surface area contributed by atoms with Crippen LogP contribution in [-0.4, -0.2) is 44.4 Å². The molecule has 0 bridgehead atoms. The number of carbonyl (C=O) groups is 1. The van der Waals surface area contributed by atoms with Gasteiger partial charge in [-0.25, -0.2) is 0 Å². The van der Waals surface area contributed by atoms with E-state index >= 15 is 0 Å². The number of para-hydroxylation sites is 1. The fourth-order valence-electron chi connectivity index (χ4n) is 2.77. The van der Waals surface area contributed by atoms with Crippen LogP contribution in [0.5, 0.6) is 0 Å². The molecule has 0 atom stereocenters. The standard InChI is InChI=1S/C21H22N4O2S/c1-4-12-24(13-5-2)19(26)15-28-21-23-22-20(18-11-14-27-16(18)3)25(21)17-9-7-6-8-10-17/h4-11,14H,1-2,12-13,15H2,3H3. The van der Waals surface area contributed by atoms with Crippen LogP contribution < -0.4 is 0 Å². The van der Waals surface area contributed by atoms with Gasteiger partial charge in [0.15, 0.2) is 11.0 Å². The van der Waals surface area contributed by atoms with Crippen LogP contribution in [0.3, 0.4) is 0 Å². The lowest BCUT2D eigenvalue weighted by Crippen LogP contribution is -2.32. The lowest BCUT2D eigenvalue weighted by molar-refractivity contribution is -0.127. The molecule has 7 heteroatoms. The van der Waals surface area contributed by atoms with Crippen LogP contribution >= 0.6 is 11.8 Å². The summed E-state index contributed by atoms with van der Waals surface area (Å²) in [6.45, 7) is 10.3. The predicted octanol–water partition coefficient (Wildman–Crippen LogP) is 4.13. The molecule has 3 rings (SSSR count). The summed E-state index contributed by atoms with van der Waals surface area (Å²) < 4.78 is 7.38. The second-order valence-electron chi connectivity index (χ2n) is 6.03. The number of benzene rings is 1. The van der Waals surface area contributed by atoms with Crippen molar-refractivity contribution in [1.82, 2.24) is 19.7 Å². The summed E-state index contributed by atoms with van der Waals surface area (Å²) in [5.74, 6) is 1.69. The molecule has 144 valence electrons. The molecule has 0 N–H and O–H groups in total. The Morgan fingerprint density at radius 1 is 1.18 bits per heavy atom. The zero-order chi connectivity index (χ0) is 19.9. The number of aromatic nitrogens is 3. The van der Waals surface area contributed by atoms with Crippen molar-refractivity contribution in [3.63, 3.8) is 0 Å². The fourth-order valence-corrected chi connectivity index (χ4v) is 3.63. The Hall–Kier alpha value is -3.06. The molecule has 1 amide bonds. The number of thioether (sulfide) groups is 1. The van der Waals surface area contributed by atoms with Gasteiger partial charge < -0.3 is 9.32 Å². The minimum Gasteiger partial charge on any atom is -0.469 e. The van der Waals surface area contributed by atoms with Gasteiger partial charge in [-0.15, -0.1) is 23.4 Å². The highest BCUT2D eigenvalue weighted by atomic mass is 32.2. The van der Waals surface area contributed by atoms with E-state index in [0.29, 0.717) is 24.1 Å². The van der Waals surface area contributed by atoms with Crippen molar-refractivity contribution in [3.05, 3.63) is 73.7 Å². The summed E-state index contributed by atoms with van der Waals surface area (Å²) in [7, 11) is 0. The van der Waals surface area contributed by atoms with E-state index in [1.54, 1.807) is 23.3 Å². The molecule has 0 spiro atoms. The average molecular weight is 395 g/mol. The van der Waals surface area contributed by atoms with Gasteiger partial charge in [-0.2, -0.15) is 0 Å². The molecular weight excluding hydrogens is 372 g/mol. The highest BCUT2D eigenvalue weighted by molar-refractivity contribution is 7.99. The zero-order valence-electron chi connectivity index (χ0n) is 15.7. The van der Waals surface area contributed by atoms with Crippen molar-refractivity contribution >= 4 is 17.7 Å². The van der Waals surface area contributed by atoms with Crippen LogP contribution in [0.4, 0.5) is 0 Å². The number of amides is 1. The number of furan rings is 1. The van der Waals surface area contributed by atoms with Crippen molar-refractivity contribution in [3.8, 4) is 17.1 Å². The largest absolute Gasteiger partial charge is 0.469 e. The van der Waals surface area contributed by atoms with Gasteiger partial charge in [0.2, 0.25) is 5.91 Å². The fraction of sp³-hybridized carbons (Fsp3) is 0.190. The van der Waals surface area contributed by atoms with Gasteiger partial charge in [0.05, 0.1) is 17.6 Å². The van der Waals surface area contributed by atoms with E-state index in [9.17, 15) is 4.79 Å². The van der Waals surface area contributed by atoms with E-state index in [4.69, 9.17) is 4.42 Å². The van der Waals surface area contributed by atoms with Gasteiger partial charge in [0.25, 0.3) is 0 Å². The summed E-state index contributed by atoms with van der Waals surface area (Å²) in [6.07, 6.45) is 5.05. The summed E-state index contributed by atoms with van der Waals surface area (Å²) in [6, 6.07) is 11.7. The first-order valence-corrected chi connectivity index (χ1v) is 9.82. The molecule has 1 aromatic carbocycles. The van der Waals surface area contributed by atoms with E-state index < -0.39 is 0 Å². The molecule has 0 fully saturated rings. The van der Waals surface area contributed by atoms with Crippen LogP contribution in [0.15, 0.2) is 77.5 Å². The lowest BCUT2D eigenvalue weighted by Gasteiger charge is -2.19. The predicted molar refractivity (Wildman–Crippen MR) is 111 cm³/mol. The molecule has 28 heavy (non-hydrogen) atoms.